The molecule has 21 heavy (non-hydrogen) atoms. The molecule has 1 nitrogen and oxygen atoms in total. The van der Waals surface area contributed by atoms with Crippen LogP contribution in [0.5, 0.6) is 0 Å². The van der Waals surface area contributed by atoms with Crippen LogP contribution in [0.2, 0.25) is 25.1 Å². The highest BCUT2D eigenvalue weighted by atomic mass is 35.5. The van der Waals surface area contributed by atoms with Crippen molar-refractivity contribution in [1.82, 2.24) is 0 Å². The molecule has 0 fully saturated rings. The normalized spacial score (nSPS) is 10.7. The molecule has 0 aliphatic carbocycles. The molecule has 0 atom stereocenters. The second-order valence-electron chi connectivity index (χ2n) is 3.98. The van der Waals surface area contributed by atoms with Gasteiger partial charge in [0.15, 0.2) is 5.78 Å². The predicted molar refractivity (Wildman–Crippen MR) is 93.0 cm³/mol. The summed E-state index contributed by atoms with van der Waals surface area (Å²) in [6, 6.07) is 8.93. The van der Waals surface area contributed by atoms with Crippen LogP contribution in [0, 0.1) is 0 Å². The lowest BCUT2D eigenvalue weighted by Crippen LogP contribution is -2.02. The average molecular weight is 401 g/mol. The van der Waals surface area contributed by atoms with Crippen LogP contribution >= 0.6 is 69.8 Å². The number of benzene rings is 2. The Morgan fingerprint density at radius 2 is 1.29 bits per heavy atom. The second-order valence-corrected chi connectivity index (χ2v) is 6.85. The first-order valence-corrected chi connectivity index (χ1v) is 8.53. The van der Waals surface area contributed by atoms with Gasteiger partial charge in [0.25, 0.3) is 0 Å². The second kappa shape index (κ2) is 7.45. The van der Waals surface area contributed by atoms with Crippen LogP contribution in [0.4, 0.5) is 0 Å². The van der Waals surface area contributed by atoms with Gasteiger partial charge in [0.05, 0.1) is 30.9 Å². The lowest BCUT2D eigenvalue weighted by Gasteiger charge is -2.11. The van der Waals surface area contributed by atoms with Gasteiger partial charge in [0, 0.05) is 10.5 Å². The molecular weight excluding hydrogens is 393 g/mol. The first kappa shape index (κ1) is 17.3. The summed E-state index contributed by atoms with van der Waals surface area (Å²) in [5, 5.41) is 0.751. The highest BCUT2D eigenvalue weighted by Gasteiger charge is 2.20. The minimum atomic E-state index is -0.0464. The molecule has 0 aliphatic heterocycles. The first-order chi connectivity index (χ1) is 9.93. The Balaban J connectivity index is 2.23. The van der Waals surface area contributed by atoms with E-state index in [0.29, 0.717) is 10.5 Å². The summed E-state index contributed by atoms with van der Waals surface area (Å²) in [6.07, 6.45) is 0. The Morgan fingerprint density at radius 1 is 0.810 bits per heavy atom. The zero-order chi connectivity index (χ0) is 15.6. The van der Waals surface area contributed by atoms with E-state index in [-0.39, 0.29) is 36.6 Å². The van der Waals surface area contributed by atoms with E-state index in [1.807, 2.05) is 6.07 Å². The zero-order valence-corrected chi connectivity index (χ0v) is 14.9. The van der Waals surface area contributed by atoms with Crippen molar-refractivity contribution in [3.8, 4) is 0 Å². The SMILES string of the molecule is O=C(CSc1c(Cl)c(Cl)c(Cl)c(Cl)c1Cl)c1ccccc1. The number of hydrogen-bond acceptors (Lipinski definition) is 2. The maximum absolute atomic E-state index is 12.1. The molecule has 110 valence electrons. The van der Waals surface area contributed by atoms with Crippen molar-refractivity contribution < 1.29 is 4.79 Å². The number of ketones is 1. The number of carbonyl (C=O) groups is 1. The summed E-state index contributed by atoms with van der Waals surface area (Å²) in [6.45, 7) is 0. The maximum atomic E-state index is 12.1. The highest BCUT2D eigenvalue weighted by molar-refractivity contribution is 8.00. The molecule has 0 bridgehead atoms. The third kappa shape index (κ3) is 3.82. The van der Waals surface area contributed by atoms with E-state index in [1.165, 1.54) is 11.8 Å². The van der Waals surface area contributed by atoms with Gasteiger partial charge in [-0.05, 0) is 0 Å². The predicted octanol–water partition coefficient (Wildman–Crippen LogP) is 6.93. The Hall–Kier alpha value is -0.0900. The molecule has 0 radical (unpaired) electrons. The Kier molecular flexibility index (Phi) is 6.13. The molecular formula is C14H7Cl5OS. The van der Waals surface area contributed by atoms with E-state index >= 15 is 0 Å². The fourth-order valence-electron chi connectivity index (χ4n) is 1.56. The quantitative estimate of drug-likeness (QED) is 0.240. The third-order valence-corrected chi connectivity index (χ3v) is 6.22. The first-order valence-electron chi connectivity index (χ1n) is 5.66. The van der Waals surface area contributed by atoms with Gasteiger partial charge in [0.2, 0.25) is 0 Å². The summed E-state index contributed by atoms with van der Waals surface area (Å²) in [5.74, 6) is 0.118. The number of thioether (sulfide) groups is 1. The lowest BCUT2D eigenvalue weighted by atomic mass is 10.2. The van der Waals surface area contributed by atoms with Crippen LogP contribution in [0.3, 0.4) is 0 Å². The zero-order valence-electron chi connectivity index (χ0n) is 10.3. The van der Waals surface area contributed by atoms with Crippen LogP contribution < -0.4 is 0 Å². The number of carbonyl (C=O) groups excluding carboxylic acids is 1. The molecule has 0 aliphatic rings. The van der Waals surface area contributed by atoms with Gasteiger partial charge in [-0.1, -0.05) is 88.3 Å². The van der Waals surface area contributed by atoms with Gasteiger partial charge in [-0.15, -0.1) is 11.8 Å². The van der Waals surface area contributed by atoms with Crippen molar-refractivity contribution in [2.45, 2.75) is 4.90 Å². The maximum Gasteiger partial charge on any atom is 0.173 e. The van der Waals surface area contributed by atoms with Crippen LogP contribution in [-0.4, -0.2) is 11.5 Å². The number of hydrogen-bond donors (Lipinski definition) is 0. The summed E-state index contributed by atoms with van der Waals surface area (Å²) in [7, 11) is 0. The smallest absolute Gasteiger partial charge is 0.173 e. The summed E-state index contributed by atoms with van der Waals surface area (Å²) in [4.78, 5) is 12.5. The van der Waals surface area contributed by atoms with E-state index in [2.05, 4.69) is 0 Å². The van der Waals surface area contributed by atoms with E-state index in [9.17, 15) is 4.79 Å². The van der Waals surface area contributed by atoms with Crippen LogP contribution in [0.15, 0.2) is 35.2 Å². The average Bonchev–Trinajstić information content (AvgIpc) is 2.51. The summed E-state index contributed by atoms with van der Waals surface area (Å²) in [5.41, 5.74) is 0.614. The van der Waals surface area contributed by atoms with E-state index in [1.54, 1.807) is 24.3 Å². The number of Topliss-reactive ketones (excluding diaryl/α,β-unsaturated/α-hetero) is 1. The molecule has 0 heterocycles. The van der Waals surface area contributed by atoms with Crippen LogP contribution in [0.25, 0.3) is 0 Å². The topological polar surface area (TPSA) is 17.1 Å². The van der Waals surface area contributed by atoms with Gasteiger partial charge in [-0.3, -0.25) is 4.79 Å². The standard InChI is InChI=1S/C14H7Cl5OS/c15-9-10(16)12(18)14(13(19)11(9)17)21-6-8(20)7-4-2-1-3-5-7/h1-5H,6H2. The minimum Gasteiger partial charge on any atom is -0.293 e. The summed E-state index contributed by atoms with van der Waals surface area (Å²) >= 11 is 31.3. The van der Waals surface area contributed by atoms with Crippen molar-refractivity contribution in [2.75, 3.05) is 5.75 Å². The molecule has 0 amide bonds. The van der Waals surface area contributed by atoms with Crippen molar-refractivity contribution in [3.63, 3.8) is 0 Å². The fraction of sp³-hybridized carbons (Fsp3) is 0.0714. The molecule has 2 rings (SSSR count). The van der Waals surface area contributed by atoms with E-state index in [4.69, 9.17) is 58.0 Å². The van der Waals surface area contributed by atoms with Crippen molar-refractivity contribution in [2.24, 2.45) is 0 Å². The Labute approximate surface area is 151 Å². The Bertz CT molecular complexity index is 659. The monoisotopic (exact) mass is 398 g/mol. The van der Waals surface area contributed by atoms with Gasteiger partial charge in [0.1, 0.15) is 0 Å². The van der Waals surface area contributed by atoms with E-state index < -0.39 is 0 Å². The molecule has 0 saturated heterocycles. The largest absolute Gasteiger partial charge is 0.293 e. The van der Waals surface area contributed by atoms with E-state index in [0.717, 1.165) is 0 Å². The number of rotatable bonds is 4. The minimum absolute atomic E-state index is 0.0464. The van der Waals surface area contributed by atoms with Gasteiger partial charge in [-0.25, -0.2) is 0 Å². The highest BCUT2D eigenvalue weighted by Crippen LogP contribution is 2.47. The third-order valence-electron chi connectivity index (χ3n) is 2.61. The Morgan fingerprint density at radius 3 is 1.81 bits per heavy atom. The van der Waals surface area contributed by atoms with Crippen molar-refractivity contribution in [1.29, 1.82) is 0 Å². The van der Waals surface area contributed by atoms with Crippen LogP contribution in [0.1, 0.15) is 10.4 Å². The van der Waals surface area contributed by atoms with Crippen molar-refractivity contribution >= 4 is 75.5 Å². The molecule has 7 heteroatoms. The summed E-state index contributed by atoms with van der Waals surface area (Å²) < 4.78 is 0. The molecule has 2 aromatic rings. The number of halogens is 5. The van der Waals surface area contributed by atoms with Crippen LogP contribution in [-0.2, 0) is 0 Å². The van der Waals surface area contributed by atoms with Crippen molar-refractivity contribution in [3.05, 3.63) is 61.0 Å². The van der Waals surface area contributed by atoms with Gasteiger partial charge >= 0.3 is 0 Å². The van der Waals surface area contributed by atoms with Gasteiger partial charge in [-0.2, -0.15) is 0 Å². The molecule has 0 aromatic heterocycles. The molecule has 0 N–H and O–H groups in total. The van der Waals surface area contributed by atoms with Gasteiger partial charge < -0.3 is 0 Å². The molecule has 2 aromatic carbocycles. The lowest BCUT2D eigenvalue weighted by molar-refractivity contribution is 0.102. The fourth-order valence-corrected chi connectivity index (χ4v) is 4.03. The molecule has 0 saturated carbocycles. The molecule has 0 spiro atoms. The molecule has 0 unspecified atom stereocenters.